The molecule has 0 amide bonds. The van der Waals surface area contributed by atoms with Crippen molar-refractivity contribution >= 4 is 11.6 Å². The fourth-order valence-electron chi connectivity index (χ4n) is 1.19. The molecule has 0 saturated carbocycles. The molecule has 0 aliphatic carbocycles. The minimum atomic E-state index is 0.0413. The van der Waals surface area contributed by atoms with Gasteiger partial charge in [0.1, 0.15) is 0 Å². The van der Waals surface area contributed by atoms with Crippen LogP contribution in [0.2, 0.25) is 5.02 Å². The highest BCUT2D eigenvalue weighted by Gasteiger charge is 2.38. The molecule has 0 N–H and O–H groups in total. The van der Waals surface area contributed by atoms with Crippen LogP contribution >= 0.6 is 11.6 Å². The molecule has 0 spiro atoms. The molecular weight excluding hydrogens is 184 g/mol. The summed E-state index contributed by atoms with van der Waals surface area (Å²) >= 11 is 5.78. The van der Waals surface area contributed by atoms with E-state index >= 15 is 0 Å². The maximum atomic E-state index is 5.78. The van der Waals surface area contributed by atoms with E-state index in [1.165, 1.54) is 5.56 Å². The van der Waals surface area contributed by atoms with Gasteiger partial charge in [0, 0.05) is 5.02 Å². The lowest BCUT2D eigenvalue weighted by molar-refractivity contribution is 0.351. The van der Waals surface area contributed by atoms with Crippen molar-refractivity contribution in [1.82, 2.24) is 0 Å². The number of hydrogen-bond acceptors (Lipinski definition) is 1. The highest BCUT2D eigenvalue weighted by molar-refractivity contribution is 6.30. The first-order valence-corrected chi connectivity index (χ1v) is 4.79. The predicted molar refractivity (Wildman–Crippen MR) is 53.8 cm³/mol. The van der Waals surface area contributed by atoms with E-state index in [0.717, 1.165) is 18.1 Å². The topological polar surface area (TPSA) is 12.5 Å². The van der Waals surface area contributed by atoms with Gasteiger partial charge in [-0.15, -0.1) is 0 Å². The Hall–Kier alpha value is -0.530. The normalized spacial score (nSPS) is 26.0. The molecule has 1 aliphatic heterocycles. The number of benzene rings is 1. The van der Waals surface area contributed by atoms with Crippen LogP contribution < -0.4 is 0 Å². The predicted octanol–water partition coefficient (Wildman–Crippen LogP) is 2.88. The Morgan fingerprint density at radius 1 is 1.46 bits per heavy atom. The van der Waals surface area contributed by atoms with Crippen LogP contribution in [0.25, 0.3) is 0 Å². The molecule has 1 fully saturated rings. The summed E-state index contributed by atoms with van der Waals surface area (Å²) in [6, 6.07) is 7.93. The highest BCUT2D eigenvalue weighted by atomic mass is 35.5. The van der Waals surface area contributed by atoms with Crippen LogP contribution in [0, 0.1) is 6.42 Å². The van der Waals surface area contributed by atoms with Gasteiger partial charge in [-0.05, 0) is 37.5 Å². The molecule has 1 aromatic carbocycles. The Morgan fingerprint density at radius 2 is 2.08 bits per heavy atom. The van der Waals surface area contributed by atoms with E-state index in [4.69, 9.17) is 16.3 Å². The molecule has 1 heterocycles. The Balaban J connectivity index is 1.91. The first-order valence-electron chi connectivity index (χ1n) is 4.41. The lowest BCUT2D eigenvalue weighted by Gasteiger charge is -2.04. The zero-order valence-corrected chi connectivity index (χ0v) is 8.34. The van der Waals surface area contributed by atoms with E-state index in [1.807, 2.05) is 24.3 Å². The molecule has 1 nitrogen and oxygen atoms in total. The molecular formula is C11H12ClO. The van der Waals surface area contributed by atoms with E-state index in [0.29, 0.717) is 0 Å². The number of epoxide rings is 1. The Morgan fingerprint density at radius 3 is 2.62 bits per heavy atom. The second-order valence-electron chi connectivity index (χ2n) is 3.64. The second-order valence-corrected chi connectivity index (χ2v) is 4.07. The van der Waals surface area contributed by atoms with Crippen LogP contribution in [0.1, 0.15) is 12.5 Å². The van der Waals surface area contributed by atoms with Crippen molar-refractivity contribution in [3.63, 3.8) is 0 Å². The molecule has 0 bridgehead atoms. The zero-order chi connectivity index (χ0) is 9.31. The molecule has 1 saturated heterocycles. The second kappa shape index (κ2) is 3.32. The monoisotopic (exact) mass is 195 g/mol. The van der Waals surface area contributed by atoms with Crippen LogP contribution in [-0.4, -0.2) is 12.2 Å². The number of rotatable bonds is 3. The summed E-state index contributed by atoms with van der Waals surface area (Å²) in [5, 5.41) is 0.789. The molecule has 0 aromatic heterocycles. The highest BCUT2D eigenvalue weighted by Crippen LogP contribution is 2.30. The number of ether oxygens (including phenoxy) is 1. The van der Waals surface area contributed by atoms with Gasteiger partial charge in [0.2, 0.25) is 0 Å². The van der Waals surface area contributed by atoms with Gasteiger partial charge in [-0.1, -0.05) is 23.7 Å². The van der Waals surface area contributed by atoms with Gasteiger partial charge >= 0.3 is 0 Å². The van der Waals surface area contributed by atoms with Gasteiger partial charge in [-0.3, -0.25) is 0 Å². The number of hydrogen-bond donors (Lipinski definition) is 0. The lowest BCUT2D eigenvalue weighted by Crippen LogP contribution is -2.06. The van der Waals surface area contributed by atoms with Gasteiger partial charge < -0.3 is 4.74 Å². The fourth-order valence-corrected chi connectivity index (χ4v) is 1.31. The van der Waals surface area contributed by atoms with Gasteiger partial charge in [0.25, 0.3) is 0 Å². The minimum Gasteiger partial charge on any atom is -0.370 e. The van der Waals surface area contributed by atoms with Crippen molar-refractivity contribution in [3.8, 4) is 0 Å². The zero-order valence-electron chi connectivity index (χ0n) is 7.59. The van der Waals surface area contributed by atoms with Gasteiger partial charge in [-0.2, -0.15) is 0 Å². The van der Waals surface area contributed by atoms with Gasteiger partial charge in [0.05, 0.1) is 12.2 Å². The summed E-state index contributed by atoms with van der Waals surface area (Å²) in [6.07, 6.45) is 3.16. The SMILES string of the molecule is C[C@]1([CH]Cc2ccc(Cl)cc2)CO1. The lowest BCUT2D eigenvalue weighted by atomic mass is 10.0. The van der Waals surface area contributed by atoms with Crippen LogP contribution in [0.15, 0.2) is 24.3 Å². The summed E-state index contributed by atoms with van der Waals surface area (Å²) in [4.78, 5) is 0. The summed E-state index contributed by atoms with van der Waals surface area (Å²) < 4.78 is 5.26. The van der Waals surface area contributed by atoms with Crippen molar-refractivity contribution in [3.05, 3.63) is 41.3 Å². The molecule has 1 radical (unpaired) electrons. The van der Waals surface area contributed by atoms with Crippen molar-refractivity contribution < 1.29 is 4.74 Å². The van der Waals surface area contributed by atoms with Crippen LogP contribution in [0.3, 0.4) is 0 Å². The van der Waals surface area contributed by atoms with Crippen molar-refractivity contribution in [1.29, 1.82) is 0 Å². The summed E-state index contributed by atoms with van der Waals surface area (Å²) in [6.45, 7) is 2.96. The molecule has 2 heteroatoms. The van der Waals surface area contributed by atoms with Crippen LogP contribution in [-0.2, 0) is 11.2 Å². The average Bonchev–Trinajstić information content (AvgIpc) is 2.84. The maximum Gasteiger partial charge on any atom is 0.0923 e. The van der Waals surface area contributed by atoms with Crippen molar-refractivity contribution in [2.45, 2.75) is 18.9 Å². The third-order valence-corrected chi connectivity index (χ3v) is 2.53. The molecule has 69 valence electrons. The third-order valence-electron chi connectivity index (χ3n) is 2.28. The summed E-state index contributed by atoms with van der Waals surface area (Å²) in [5.74, 6) is 0. The standard InChI is InChI=1S/C11H12ClO/c1-11(8-13-11)7-6-9-2-4-10(12)5-3-9/h2-5,7H,6,8H2,1H3/t11-/m0/s1. The third kappa shape index (κ3) is 2.45. The Bertz CT molecular complexity index is 287. The van der Waals surface area contributed by atoms with E-state index in [1.54, 1.807) is 0 Å². The summed E-state index contributed by atoms with van der Waals surface area (Å²) in [5.41, 5.74) is 1.32. The van der Waals surface area contributed by atoms with Gasteiger partial charge in [-0.25, -0.2) is 0 Å². The van der Waals surface area contributed by atoms with Crippen molar-refractivity contribution in [2.75, 3.05) is 6.61 Å². The Labute approximate surface area is 83.7 Å². The molecule has 1 aromatic rings. The molecule has 1 aliphatic rings. The minimum absolute atomic E-state index is 0.0413. The Kier molecular flexibility index (Phi) is 2.31. The van der Waals surface area contributed by atoms with Gasteiger partial charge in [0.15, 0.2) is 0 Å². The average molecular weight is 196 g/mol. The first-order chi connectivity index (χ1) is 6.18. The fraction of sp³-hybridized carbons (Fsp3) is 0.364. The number of halogens is 1. The molecule has 0 unspecified atom stereocenters. The van der Waals surface area contributed by atoms with E-state index in [9.17, 15) is 0 Å². The first kappa shape index (κ1) is 9.04. The van der Waals surface area contributed by atoms with E-state index < -0.39 is 0 Å². The van der Waals surface area contributed by atoms with Crippen molar-refractivity contribution in [2.24, 2.45) is 0 Å². The molecule has 13 heavy (non-hydrogen) atoms. The maximum absolute atomic E-state index is 5.78. The van der Waals surface area contributed by atoms with E-state index in [2.05, 4.69) is 13.3 Å². The molecule has 2 rings (SSSR count). The van der Waals surface area contributed by atoms with E-state index in [-0.39, 0.29) is 5.60 Å². The smallest absolute Gasteiger partial charge is 0.0923 e. The van der Waals surface area contributed by atoms with Crippen LogP contribution in [0.5, 0.6) is 0 Å². The summed E-state index contributed by atoms with van der Waals surface area (Å²) in [7, 11) is 0. The largest absolute Gasteiger partial charge is 0.370 e. The quantitative estimate of drug-likeness (QED) is 0.676. The molecule has 1 atom stereocenters. The van der Waals surface area contributed by atoms with Crippen LogP contribution in [0.4, 0.5) is 0 Å².